The first-order valence-corrected chi connectivity index (χ1v) is 7.62. The van der Waals surface area contributed by atoms with Crippen molar-refractivity contribution in [3.8, 4) is 29.0 Å². The highest BCUT2D eigenvalue weighted by atomic mass is 16.5. The Morgan fingerprint density at radius 2 is 1.88 bits per heavy atom. The summed E-state index contributed by atoms with van der Waals surface area (Å²) in [5, 5.41) is 9.90. The molecular weight excluding hydrogens is 320 g/mol. The number of nitrogens with zero attached hydrogens (tertiary/aromatic N) is 4. The summed E-state index contributed by atoms with van der Waals surface area (Å²) < 4.78 is 11.3. The summed E-state index contributed by atoms with van der Waals surface area (Å²) in [6.07, 6.45) is 4.77. The molecule has 1 aromatic carbocycles. The summed E-state index contributed by atoms with van der Waals surface area (Å²) in [6, 6.07) is 7.30. The fourth-order valence-electron chi connectivity index (χ4n) is 2.49. The second kappa shape index (κ2) is 5.86. The Morgan fingerprint density at radius 3 is 2.60 bits per heavy atom. The number of hydrogen-bond donors (Lipinski definition) is 1. The van der Waals surface area contributed by atoms with E-state index < -0.39 is 0 Å². The molecule has 25 heavy (non-hydrogen) atoms. The van der Waals surface area contributed by atoms with E-state index in [0.29, 0.717) is 22.9 Å². The van der Waals surface area contributed by atoms with E-state index in [1.54, 1.807) is 30.7 Å². The summed E-state index contributed by atoms with van der Waals surface area (Å²) in [5.41, 5.74) is 3.12. The zero-order valence-electron chi connectivity index (χ0n) is 13.6. The third-order valence-corrected chi connectivity index (χ3v) is 3.71. The Kier molecular flexibility index (Phi) is 3.53. The third kappa shape index (κ3) is 2.87. The van der Waals surface area contributed by atoms with Gasteiger partial charge in [0.2, 0.25) is 5.89 Å². The molecule has 3 heterocycles. The van der Waals surface area contributed by atoms with Gasteiger partial charge >= 0.3 is 6.01 Å². The lowest BCUT2D eigenvalue weighted by Crippen LogP contribution is -1.91. The van der Waals surface area contributed by atoms with E-state index >= 15 is 0 Å². The minimum atomic E-state index is 0.154. The molecule has 0 fully saturated rings. The lowest BCUT2D eigenvalue weighted by Gasteiger charge is -2.04. The average Bonchev–Trinajstić information content (AvgIpc) is 3.03. The van der Waals surface area contributed by atoms with Crippen LogP contribution in [-0.2, 0) is 0 Å². The molecule has 0 saturated heterocycles. The van der Waals surface area contributed by atoms with Gasteiger partial charge in [-0.1, -0.05) is 0 Å². The number of oxazole rings is 1. The van der Waals surface area contributed by atoms with Gasteiger partial charge in [0.05, 0.1) is 12.4 Å². The monoisotopic (exact) mass is 334 g/mol. The number of ether oxygens (including phenoxy) is 1. The van der Waals surface area contributed by atoms with Crippen LogP contribution in [0.1, 0.15) is 11.1 Å². The number of pyridine rings is 1. The van der Waals surface area contributed by atoms with Crippen LogP contribution in [0.2, 0.25) is 0 Å². The molecule has 0 unspecified atom stereocenters. The fraction of sp³-hybridized carbons (Fsp3) is 0.111. The first kappa shape index (κ1) is 15.1. The van der Waals surface area contributed by atoms with Crippen molar-refractivity contribution < 1.29 is 14.3 Å². The van der Waals surface area contributed by atoms with Gasteiger partial charge in [-0.05, 0) is 49.2 Å². The molecule has 1 N–H and O–H groups in total. The molecule has 0 bridgehead atoms. The van der Waals surface area contributed by atoms with Crippen molar-refractivity contribution in [3.05, 3.63) is 54.0 Å². The van der Waals surface area contributed by atoms with Crippen molar-refractivity contribution in [2.45, 2.75) is 13.8 Å². The number of rotatable bonds is 3. The van der Waals surface area contributed by atoms with Crippen molar-refractivity contribution >= 4 is 11.2 Å². The molecule has 4 aromatic rings. The van der Waals surface area contributed by atoms with Gasteiger partial charge in [0.25, 0.3) is 5.71 Å². The Labute approximate surface area is 143 Å². The molecular formula is C18H14N4O3. The molecule has 7 nitrogen and oxygen atoms in total. The van der Waals surface area contributed by atoms with Gasteiger partial charge < -0.3 is 14.3 Å². The summed E-state index contributed by atoms with van der Waals surface area (Å²) in [5.74, 6) is 1.22. The van der Waals surface area contributed by atoms with Gasteiger partial charge in [0, 0.05) is 11.8 Å². The smallest absolute Gasteiger partial charge is 0.325 e. The molecule has 4 rings (SSSR count). The predicted molar refractivity (Wildman–Crippen MR) is 90.5 cm³/mol. The van der Waals surface area contributed by atoms with E-state index in [0.717, 1.165) is 16.7 Å². The normalized spacial score (nSPS) is 11.0. The van der Waals surface area contributed by atoms with Crippen LogP contribution < -0.4 is 4.74 Å². The lowest BCUT2D eigenvalue weighted by atomic mass is 10.1. The van der Waals surface area contributed by atoms with Crippen LogP contribution in [-0.4, -0.2) is 25.0 Å². The van der Waals surface area contributed by atoms with Crippen molar-refractivity contribution in [3.63, 3.8) is 0 Å². The highest BCUT2D eigenvalue weighted by Gasteiger charge is 2.14. The Bertz CT molecular complexity index is 1040. The van der Waals surface area contributed by atoms with E-state index in [-0.39, 0.29) is 11.8 Å². The highest BCUT2D eigenvalue weighted by molar-refractivity contribution is 5.72. The van der Waals surface area contributed by atoms with Crippen molar-refractivity contribution in [2.75, 3.05) is 0 Å². The summed E-state index contributed by atoms with van der Waals surface area (Å²) in [6.45, 7) is 3.66. The Morgan fingerprint density at radius 1 is 1.08 bits per heavy atom. The molecule has 7 heteroatoms. The molecule has 0 atom stereocenters. The number of benzene rings is 1. The predicted octanol–water partition coefficient (Wildman–Crippen LogP) is 3.79. The van der Waals surface area contributed by atoms with E-state index in [2.05, 4.69) is 19.9 Å². The maximum Gasteiger partial charge on any atom is 0.325 e. The van der Waals surface area contributed by atoms with Crippen LogP contribution >= 0.6 is 0 Å². The number of phenolic OH excluding ortho intramolecular Hbond substituents is 1. The topological polar surface area (TPSA) is 94.2 Å². The second-order valence-corrected chi connectivity index (χ2v) is 5.61. The van der Waals surface area contributed by atoms with Crippen molar-refractivity contribution in [1.82, 2.24) is 19.9 Å². The summed E-state index contributed by atoms with van der Waals surface area (Å²) in [7, 11) is 0. The molecule has 0 aliphatic heterocycles. The molecule has 0 aliphatic carbocycles. The first-order chi connectivity index (χ1) is 12.1. The Hall–Kier alpha value is -3.48. The van der Waals surface area contributed by atoms with Crippen LogP contribution in [0.5, 0.6) is 17.5 Å². The van der Waals surface area contributed by atoms with E-state index in [9.17, 15) is 5.11 Å². The third-order valence-electron chi connectivity index (χ3n) is 3.71. The van der Waals surface area contributed by atoms with Gasteiger partial charge in [0.15, 0.2) is 0 Å². The molecule has 0 saturated carbocycles. The fourth-order valence-corrected chi connectivity index (χ4v) is 2.49. The van der Waals surface area contributed by atoms with Crippen LogP contribution in [0.4, 0.5) is 0 Å². The van der Waals surface area contributed by atoms with Crippen LogP contribution in [0.3, 0.4) is 0 Å². The molecule has 0 radical (unpaired) electrons. The minimum Gasteiger partial charge on any atom is -0.507 e. The SMILES string of the molecule is Cc1cc(-c2nc3cnc(Oc4cccnc4)nc3o2)cc(C)c1O. The number of hydrogen-bond acceptors (Lipinski definition) is 7. The molecule has 124 valence electrons. The van der Waals surface area contributed by atoms with Crippen molar-refractivity contribution in [2.24, 2.45) is 0 Å². The number of phenols is 1. The highest BCUT2D eigenvalue weighted by Crippen LogP contribution is 2.30. The van der Waals surface area contributed by atoms with Crippen molar-refractivity contribution in [1.29, 1.82) is 0 Å². The maximum absolute atomic E-state index is 9.90. The van der Waals surface area contributed by atoms with Gasteiger partial charge in [-0.25, -0.2) is 9.97 Å². The number of aryl methyl sites for hydroxylation is 2. The van der Waals surface area contributed by atoms with Crippen LogP contribution in [0.25, 0.3) is 22.7 Å². The average molecular weight is 334 g/mol. The van der Waals surface area contributed by atoms with Gasteiger partial charge in [0.1, 0.15) is 17.0 Å². The zero-order chi connectivity index (χ0) is 17.4. The van der Waals surface area contributed by atoms with Gasteiger partial charge in [-0.3, -0.25) is 4.98 Å². The van der Waals surface area contributed by atoms with E-state index in [1.165, 1.54) is 0 Å². The second-order valence-electron chi connectivity index (χ2n) is 5.61. The quantitative estimate of drug-likeness (QED) is 0.609. The van der Waals surface area contributed by atoms with Crippen LogP contribution in [0.15, 0.2) is 47.3 Å². The molecule has 3 aromatic heterocycles. The van der Waals surface area contributed by atoms with Gasteiger partial charge in [-0.2, -0.15) is 4.98 Å². The zero-order valence-corrected chi connectivity index (χ0v) is 13.6. The lowest BCUT2D eigenvalue weighted by molar-refractivity contribution is 0.438. The number of fused-ring (bicyclic) bond motifs is 1. The standard InChI is InChI=1S/C18H14N4O3/c1-10-6-12(7-11(2)15(10)23)16-21-14-9-20-18(22-17(14)25-16)24-13-4-3-5-19-8-13/h3-9,23H,1-2H3. The first-order valence-electron chi connectivity index (χ1n) is 7.62. The van der Waals surface area contributed by atoms with E-state index in [1.807, 2.05) is 26.0 Å². The van der Waals surface area contributed by atoms with E-state index in [4.69, 9.17) is 9.15 Å². The van der Waals surface area contributed by atoms with Gasteiger partial charge in [-0.15, -0.1) is 0 Å². The number of aromatic nitrogens is 4. The minimum absolute atomic E-state index is 0.154. The Balaban J connectivity index is 1.71. The molecule has 0 aliphatic rings. The molecule has 0 amide bonds. The largest absolute Gasteiger partial charge is 0.507 e. The summed E-state index contributed by atoms with van der Waals surface area (Å²) in [4.78, 5) is 16.7. The summed E-state index contributed by atoms with van der Waals surface area (Å²) >= 11 is 0. The molecule has 0 spiro atoms. The van der Waals surface area contributed by atoms with Crippen LogP contribution in [0, 0.1) is 13.8 Å². The number of aromatic hydroxyl groups is 1. The maximum atomic E-state index is 9.90.